The maximum absolute atomic E-state index is 12.9. The minimum atomic E-state index is -0.360. The van der Waals surface area contributed by atoms with Crippen molar-refractivity contribution in [3.05, 3.63) is 56.1 Å². The molecule has 0 saturated heterocycles. The Kier molecular flexibility index (Phi) is 3.55. The Morgan fingerprint density at radius 2 is 1.88 bits per heavy atom. The molecule has 26 heavy (non-hydrogen) atoms. The molecule has 7 nitrogen and oxygen atoms in total. The molecule has 0 radical (unpaired) electrons. The number of hydrogen-bond acceptors (Lipinski definition) is 5. The van der Waals surface area contributed by atoms with Crippen LogP contribution in [-0.4, -0.2) is 23.8 Å². The summed E-state index contributed by atoms with van der Waals surface area (Å²) in [7, 11) is 3.09. The highest BCUT2D eigenvalue weighted by Gasteiger charge is 2.26. The molecule has 3 heterocycles. The zero-order chi connectivity index (χ0) is 18.4. The first-order chi connectivity index (χ1) is 12.6. The van der Waals surface area contributed by atoms with E-state index in [1.54, 1.807) is 17.7 Å². The van der Waals surface area contributed by atoms with Gasteiger partial charge in [0.15, 0.2) is 11.5 Å². The molecule has 0 atom stereocenters. The standard InChI is InChI=1S/C19H15N3O4/c1-25-14-7-10-5-6-22-18(12(10)8-15(14)26-2)13(9-20)17-11(19(22)24)3-4-16(23)21-17/h3-4,7-8H,5-6H2,1-2H3,(H,21,23). The third-order valence-corrected chi connectivity index (χ3v) is 4.73. The van der Waals surface area contributed by atoms with Crippen LogP contribution < -0.4 is 20.6 Å². The lowest BCUT2D eigenvalue weighted by molar-refractivity contribution is 0.354. The number of fused-ring (bicyclic) bond motifs is 4. The van der Waals surface area contributed by atoms with E-state index in [0.717, 1.165) is 11.1 Å². The number of pyridine rings is 2. The molecular weight excluding hydrogens is 334 g/mol. The summed E-state index contributed by atoms with van der Waals surface area (Å²) in [5, 5.41) is 10.1. The quantitative estimate of drug-likeness (QED) is 0.761. The van der Waals surface area contributed by atoms with Crippen LogP contribution in [0.1, 0.15) is 11.1 Å². The normalized spacial score (nSPS) is 12.2. The Morgan fingerprint density at radius 3 is 2.58 bits per heavy atom. The Morgan fingerprint density at radius 1 is 1.15 bits per heavy atom. The fraction of sp³-hybridized carbons (Fsp3) is 0.211. The minimum Gasteiger partial charge on any atom is -0.493 e. The van der Waals surface area contributed by atoms with Gasteiger partial charge in [0.05, 0.1) is 30.8 Å². The summed E-state index contributed by atoms with van der Waals surface area (Å²) >= 11 is 0. The van der Waals surface area contributed by atoms with E-state index in [1.165, 1.54) is 19.2 Å². The second-order valence-corrected chi connectivity index (χ2v) is 6.02. The number of benzene rings is 1. The fourth-order valence-corrected chi connectivity index (χ4v) is 3.53. The lowest BCUT2D eigenvalue weighted by atomic mass is 9.93. The predicted octanol–water partition coefficient (Wildman–Crippen LogP) is 1.80. The molecule has 0 fully saturated rings. The third kappa shape index (κ3) is 2.12. The second kappa shape index (κ2) is 5.77. The average molecular weight is 349 g/mol. The molecule has 0 spiro atoms. The van der Waals surface area contributed by atoms with E-state index in [9.17, 15) is 14.9 Å². The molecule has 1 N–H and O–H groups in total. The fourth-order valence-electron chi connectivity index (χ4n) is 3.53. The molecule has 0 unspecified atom stereocenters. The summed E-state index contributed by atoms with van der Waals surface area (Å²) in [5.74, 6) is 1.10. The van der Waals surface area contributed by atoms with Crippen molar-refractivity contribution in [3.63, 3.8) is 0 Å². The summed E-state index contributed by atoms with van der Waals surface area (Å²) < 4.78 is 12.3. The molecule has 130 valence electrons. The van der Waals surface area contributed by atoms with Gasteiger partial charge in [-0.15, -0.1) is 0 Å². The number of nitrogens with zero attached hydrogens (tertiary/aromatic N) is 2. The maximum Gasteiger partial charge on any atom is 0.260 e. The van der Waals surface area contributed by atoms with Crippen molar-refractivity contribution < 1.29 is 9.47 Å². The number of ether oxygens (including phenoxy) is 2. The highest BCUT2D eigenvalue weighted by atomic mass is 16.5. The lowest BCUT2D eigenvalue weighted by Crippen LogP contribution is -2.28. The molecular formula is C19H15N3O4. The van der Waals surface area contributed by atoms with Gasteiger partial charge in [-0.05, 0) is 30.2 Å². The molecule has 2 aromatic heterocycles. The van der Waals surface area contributed by atoms with Gasteiger partial charge in [0.2, 0.25) is 5.56 Å². The predicted molar refractivity (Wildman–Crippen MR) is 95.8 cm³/mol. The van der Waals surface area contributed by atoms with E-state index in [2.05, 4.69) is 11.1 Å². The average Bonchev–Trinajstić information content (AvgIpc) is 2.66. The van der Waals surface area contributed by atoms with E-state index in [-0.39, 0.29) is 22.2 Å². The van der Waals surface area contributed by atoms with Gasteiger partial charge >= 0.3 is 0 Å². The highest BCUT2D eigenvalue weighted by molar-refractivity contribution is 5.90. The number of H-pyrrole nitrogens is 1. The molecule has 0 bridgehead atoms. The van der Waals surface area contributed by atoms with E-state index in [0.29, 0.717) is 35.5 Å². The van der Waals surface area contributed by atoms with Gasteiger partial charge in [0, 0.05) is 18.2 Å². The first-order valence-corrected chi connectivity index (χ1v) is 8.04. The van der Waals surface area contributed by atoms with Crippen molar-refractivity contribution >= 4 is 10.9 Å². The van der Waals surface area contributed by atoms with E-state index in [4.69, 9.17) is 9.47 Å². The van der Waals surface area contributed by atoms with Crippen molar-refractivity contribution in [2.45, 2.75) is 13.0 Å². The van der Waals surface area contributed by atoms with Crippen LogP contribution in [0.15, 0.2) is 33.9 Å². The number of hydrogen-bond donors (Lipinski definition) is 1. The molecule has 4 rings (SSSR count). The SMILES string of the molecule is COc1cc2c(cc1OC)-c1c(C#N)c3[nH]c(=O)ccc3c(=O)n1CC2. The number of rotatable bonds is 2. The molecule has 0 saturated carbocycles. The summed E-state index contributed by atoms with van der Waals surface area (Å²) in [6, 6.07) is 8.55. The topological polar surface area (TPSA) is 97.1 Å². The van der Waals surface area contributed by atoms with E-state index < -0.39 is 0 Å². The van der Waals surface area contributed by atoms with Crippen LogP contribution in [0.3, 0.4) is 0 Å². The van der Waals surface area contributed by atoms with E-state index in [1.807, 2.05) is 6.07 Å². The van der Waals surface area contributed by atoms with Gasteiger partial charge in [-0.25, -0.2) is 0 Å². The Labute approximate surface area is 148 Å². The third-order valence-electron chi connectivity index (χ3n) is 4.73. The first-order valence-electron chi connectivity index (χ1n) is 8.04. The molecule has 0 amide bonds. The number of aryl methyl sites for hydroxylation is 1. The van der Waals surface area contributed by atoms with Crippen LogP contribution in [0.5, 0.6) is 11.5 Å². The van der Waals surface area contributed by atoms with Crippen molar-refractivity contribution in [1.82, 2.24) is 9.55 Å². The Balaban J connectivity index is 2.17. The number of methoxy groups -OCH3 is 2. The summed E-state index contributed by atoms with van der Waals surface area (Å²) in [6.07, 6.45) is 0.627. The van der Waals surface area contributed by atoms with Crippen molar-refractivity contribution in [3.8, 4) is 28.8 Å². The summed E-state index contributed by atoms with van der Waals surface area (Å²) in [6.45, 7) is 0.445. The van der Waals surface area contributed by atoms with Gasteiger partial charge in [-0.2, -0.15) is 5.26 Å². The monoisotopic (exact) mass is 349 g/mol. The van der Waals surface area contributed by atoms with Gasteiger partial charge in [0.1, 0.15) is 11.6 Å². The first kappa shape index (κ1) is 16.0. The number of aromatic amines is 1. The number of aromatic nitrogens is 2. The van der Waals surface area contributed by atoms with Gasteiger partial charge < -0.3 is 19.0 Å². The largest absolute Gasteiger partial charge is 0.493 e. The smallest absolute Gasteiger partial charge is 0.260 e. The van der Waals surface area contributed by atoms with E-state index >= 15 is 0 Å². The van der Waals surface area contributed by atoms with Gasteiger partial charge in [-0.1, -0.05) is 0 Å². The maximum atomic E-state index is 12.9. The number of nitriles is 1. The van der Waals surface area contributed by atoms with Gasteiger partial charge in [-0.3, -0.25) is 9.59 Å². The molecule has 1 aliphatic rings. The molecule has 1 aliphatic heterocycles. The van der Waals surface area contributed by atoms with Crippen LogP contribution in [-0.2, 0) is 13.0 Å². The van der Waals surface area contributed by atoms with Crippen molar-refractivity contribution in [2.24, 2.45) is 0 Å². The van der Waals surface area contributed by atoms with Crippen LogP contribution in [0, 0.1) is 11.3 Å². The second-order valence-electron chi connectivity index (χ2n) is 6.02. The molecule has 7 heteroatoms. The molecule has 0 aliphatic carbocycles. The minimum absolute atomic E-state index is 0.231. The van der Waals surface area contributed by atoms with Crippen LogP contribution in [0.2, 0.25) is 0 Å². The van der Waals surface area contributed by atoms with Crippen LogP contribution in [0.25, 0.3) is 22.2 Å². The molecule has 1 aromatic carbocycles. The van der Waals surface area contributed by atoms with Crippen LogP contribution in [0.4, 0.5) is 0 Å². The highest BCUT2D eigenvalue weighted by Crippen LogP contribution is 2.40. The summed E-state index contributed by atoms with van der Waals surface area (Å²) in [5.41, 5.74) is 2.12. The van der Waals surface area contributed by atoms with Crippen molar-refractivity contribution in [1.29, 1.82) is 5.26 Å². The number of nitrogens with one attached hydrogen (secondary N) is 1. The Hall–Kier alpha value is -3.53. The Bertz CT molecular complexity index is 1210. The zero-order valence-electron chi connectivity index (χ0n) is 14.3. The lowest BCUT2D eigenvalue weighted by Gasteiger charge is -2.25. The zero-order valence-corrected chi connectivity index (χ0v) is 14.3. The van der Waals surface area contributed by atoms with Crippen LogP contribution >= 0.6 is 0 Å². The summed E-state index contributed by atoms with van der Waals surface area (Å²) in [4.78, 5) is 27.3. The molecule has 3 aromatic rings. The van der Waals surface area contributed by atoms with Crippen molar-refractivity contribution in [2.75, 3.05) is 14.2 Å². The van der Waals surface area contributed by atoms with Gasteiger partial charge in [0.25, 0.3) is 5.56 Å².